The Balaban J connectivity index is 1.53. The highest BCUT2D eigenvalue weighted by molar-refractivity contribution is 6.34. The van der Waals surface area contributed by atoms with Gasteiger partial charge in [0.05, 0.1) is 11.1 Å². The van der Waals surface area contributed by atoms with Crippen LogP contribution < -0.4 is 10.6 Å². The monoisotopic (exact) mass is 410 g/mol. The number of carbonyl (C=O) groups is 2. The number of anilines is 1. The fourth-order valence-corrected chi connectivity index (χ4v) is 4.49. The Hall–Kier alpha value is -2.93. The summed E-state index contributed by atoms with van der Waals surface area (Å²) >= 11 is 0. The summed E-state index contributed by atoms with van der Waals surface area (Å²) in [4.78, 5) is 30.7. The largest absolute Gasteiger partial charge is 0.358 e. The van der Waals surface area contributed by atoms with E-state index in [2.05, 4.69) is 27.6 Å². The van der Waals surface area contributed by atoms with E-state index in [-0.39, 0.29) is 11.8 Å². The van der Waals surface area contributed by atoms with Crippen molar-refractivity contribution in [1.29, 1.82) is 0 Å². The fraction of sp³-hybridized carbons (Fsp3) is 0.391. The van der Waals surface area contributed by atoms with Gasteiger partial charge in [-0.2, -0.15) is 0 Å². The molecular formula is C23H27FN4O2. The molecule has 1 saturated heterocycles. The molecule has 1 fully saturated rings. The Morgan fingerprint density at radius 1 is 1.37 bits per heavy atom. The summed E-state index contributed by atoms with van der Waals surface area (Å²) < 4.78 is 13.7. The van der Waals surface area contributed by atoms with Crippen LogP contribution in [0.2, 0.25) is 0 Å². The third kappa shape index (κ3) is 3.77. The number of aromatic amines is 1. The Bertz CT molecular complexity index is 1040. The van der Waals surface area contributed by atoms with Crippen LogP contribution in [0.3, 0.4) is 0 Å². The number of H-pyrrole nitrogens is 1. The molecule has 0 spiro atoms. The van der Waals surface area contributed by atoms with E-state index in [1.54, 1.807) is 12.1 Å². The summed E-state index contributed by atoms with van der Waals surface area (Å²) in [7, 11) is 2.13. The van der Waals surface area contributed by atoms with Crippen LogP contribution in [-0.2, 0) is 4.79 Å². The van der Waals surface area contributed by atoms with Crippen LogP contribution in [0, 0.1) is 19.7 Å². The SMILES string of the molecule is Cc1[nH]c(/C=C2\C(=O)Nc3ccc(F)cc32)c(C)c1C(=O)NCCC1CCCN1C. The molecule has 2 aromatic rings. The lowest BCUT2D eigenvalue weighted by atomic mass is 10.0. The van der Waals surface area contributed by atoms with Crippen molar-refractivity contribution in [2.45, 2.75) is 39.2 Å². The van der Waals surface area contributed by atoms with Crippen molar-refractivity contribution in [2.75, 3.05) is 25.5 Å². The van der Waals surface area contributed by atoms with Crippen LogP contribution in [0.5, 0.6) is 0 Å². The molecule has 4 rings (SSSR count). The predicted molar refractivity (Wildman–Crippen MR) is 116 cm³/mol. The number of nitrogens with one attached hydrogen (secondary N) is 3. The topological polar surface area (TPSA) is 77.2 Å². The van der Waals surface area contributed by atoms with Crippen molar-refractivity contribution in [3.05, 3.63) is 52.1 Å². The maximum Gasteiger partial charge on any atom is 0.256 e. The van der Waals surface area contributed by atoms with Crippen LogP contribution in [-0.4, -0.2) is 47.9 Å². The molecule has 2 aliphatic rings. The highest BCUT2D eigenvalue weighted by atomic mass is 19.1. The minimum absolute atomic E-state index is 0.117. The van der Waals surface area contributed by atoms with Gasteiger partial charge in [-0.05, 0) is 76.5 Å². The summed E-state index contributed by atoms with van der Waals surface area (Å²) in [6.45, 7) is 5.45. The molecular weight excluding hydrogens is 383 g/mol. The molecule has 0 aliphatic carbocycles. The van der Waals surface area contributed by atoms with E-state index in [0.717, 1.165) is 24.2 Å². The quantitative estimate of drug-likeness (QED) is 0.661. The Morgan fingerprint density at radius 3 is 2.90 bits per heavy atom. The first kappa shape index (κ1) is 20.3. The smallest absolute Gasteiger partial charge is 0.256 e. The van der Waals surface area contributed by atoms with Gasteiger partial charge in [-0.1, -0.05) is 0 Å². The lowest BCUT2D eigenvalue weighted by molar-refractivity contribution is -0.110. The summed E-state index contributed by atoms with van der Waals surface area (Å²) in [6, 6.07) is 4.74. The molecule has 30 heavy (non-hydrogen) atoms. The first-order valence-corrected chi connectivity index (χ1v) is 10.4. The number of carbonyl (C=O) groups excluding carboxylic acids is 2. The molecule has 1 unspecified atom stereocenters. The summed E-state index contributed by atoms with van der Waals surface area (Å²) in [5, 5.41) is 5.78. The molecule has 3 N–H and O–H groups in total. The minimum atomic E-state index is -0.400. The zero-order valence-corrected chi connectivity index (χ0v) is 17.6. The summed E-state index contributed by atoms with van der Waals surface area (Å²) in [6.07, 6.45) is 5.01. The number of halogens is 1. The average Bonchev–Trinajstić information content (AvgIpc) is 3.32. The first-order chi connectivity index (χ1) is 14.3. The van der Waals surface area contributed by atoms with Gasteiger partial charge in [0.2, 0.25) is 0 Å². The lowest BCUT2D eigenvalue weighted by Crippen LogP contribution is -2.32. The molecule has 2 amide bonds. The van der Waals surface area contributed by atoms with Gasteiger partial charge in [0, 0.05) is 35.2 Å². The second kappa shape index (κ2) is 8.07. The van der Waals surface area contributed by atoms with Gasteiger partial charge in [-0.25, -0.2) is 4.39 Å². The third-order valence-electron chi connectivity index (χ3n) is 6.19. The highest BCUT2D eigenvalue weighted by Gasteiger charge is 2.26. The molecule has 1 aromatic carbocycles. The number of amides is 2. The van der Waals surface area contributed by atoms with Crippen molar-refractivity contribution in [2.24, 2.45) is 0 Å². The first-order valence-electron chi connectivity index (χ1n) is 10.4. The molecule has 0 bridgehead atoms. The second-order valence-corrected chi connectivity index (χ2v) is 8.19. The van der Waals surface area contributed by atoms with Gasteiger partial charge in [0.15, 0.2) is 0 Å². The van der Waals surface area contributed by atoms with Crippen LogP contribution in [0.4, 0.5) is 10.1 Å². The standard InChI is InChI=1S/C23H27FN4O2/c1-13-20(12-18-17-11-15(24)6-7-19(17)27-22(18)29)26-14(2)21(13)23(30)25-9-8-16-5-4-10-28(16)3/h6-7,11-12,16,26H,4-5,8-10H2,1-3H3,(H,25,30)(H,27,29)/b18-12-. The van der Waals surface area contributed by atoms with Gasteiger partial charge in [0.25, 0.3) is 11.8 Å². The molecule has 158 valence electrons. The number of rotatable bonds is 5. The van der Waals surface area contributed by atoms with Crippen LogP contribution in [0.25, 0.3) is 11.6 Å². The van der Waals surface area contributed by atoms with Gasteiger partial charge in [0.1, 0.15) is 5.82 Å². The number of hydrogen-bond donors (Lipinski definition) is 3. The van der Waals surface area contributed by atoms with Crippen LogP contribution in [0.15, 0.2) is 18.2 Å². The van der Waals surface area contributed by atoms with Crippen LogP contribution in [0.1, 0.15) is 52.1 Å². The van der Waals surface area contributed by atoms with Gasteiger partial charge in [-0.3, -0.25) is 9.59 Å². The molecule has 0 radical (unpaired) electrons. The lowest BCUT2D eigenvalue weighted by Gasteiger charge is -2.19. The molecule has 3 heterocycles. The van der Waals surface area contributed by atoms with E-state index in [9.17, 15) is 14.0 Å². The number of hydrogen-bond acceptors (Lipinski definition) is 3. The Labute approximate surface area is 175 Å². The molecule has 7 heteroatoms. The van der Waals surface area contributed by atoms with Crippen molar-refractivity contribution in [3.8, 4) is 0 Å². The molecule has 0 saturated carbocycles. The number of benzene rings is 1. The Kier molecular flexibility index (Phi) is 5.47. The van der Waals surface area contributed by atoms with E-state index in [0.29, 0.717) is 40.7 Å². The molecule has 6 nitrogen and oxygen atoms in total. The van der Waals surface area contributed by atoms with E-state index < -0.39 is 5.82 Å². The maximum absolute atomic E-state index is 13.7. The van der Waals surface area contributed by atoms with Crippen molar-refractivity contribution < 1.29 is 14.0 Å². The van der Waals surface area contributed by atoms with E-state index in [1.165, 1.54) is 25.0 Å². The predicted octanol–water partition coefficient (Wildman–Crippen LogP) is 3.48. The fourth-order valence-electron chi connectivity index (χ4n) is 4.49. The molecule has 1 atom stereocenters. The maximum atomic E-state index is 13.7. The second-order valence-electron chi connectivity index (χ2n) is 8.19. The van der Waals surface area contributed by atoms with Crippen molar-refractivity contribution in [3.63, 3.8) is 0 Å². The van der Waals surface area contributed by atoms with Gasteiger partial charge < -0.3 is 20.5 Å². The minimum Gasteiger partial charge on any atom is -0.358 e. The molecule has 1 aromatic heterocycles. The number of fused-ring (bicyclic) bond motifs is 1. The Morgan fingerprint density at radius 2 is 2.17 bits per heavy atom. The zero-order valence-electron chi connectivity index (χ0n) is 17.6. The number of likely N-dealkylation sites (tertiary alicyclic amines) is 1. The highest BCUT2D eigenvalue weighted by Crippen LogP contribution is 2.34. The number of nitrogens with zero attached hydrogens (tertiary/aromatic N) is 1. The van der Waals surface area contributed by atoms with Crippen LogP contribution >= 0.6 is 0 Å². The van der Waals surface area contributed by atoms with E-state index in [4.69, 9.17) is 0 Å². The third-order valence-corrected chi connectivity index (χ3v) is 6.19. The zero-order chi connectivity index (χ0) is 21.4. The van der Waals surface area contributed by atoms with Gasteiger partial charge >= 0.3 is 0 Å². The number of aryl methyl sites for hydroxylation is 1. The normalized spacial score (nSPS) is 19.9. The average molecular weight is 410 g/mol. The van der Waals surface area contributed by atoms with Crippen molar-refractivity contribution in [1.82, 2.24) is 15.2 Å². The van der Waals surface area contributed by atoms with Gasteiger partial charge in [-0.15, -0.1) is 0 Å². The van der Waals surface area contributed by atoms with E-state index in [1.807, 2.05) is 13.8 Å². The number of aromatic nitrogens is 1. The van der Waals surface area contributed by atoms with E-state index >= 15 is 0 Å². The van der Waals surface area contributed by atoms with Crippen molar-refractivity contribution >= 4 is 29.2 Å². The molecule has 2 aliphatic heterocycles. The summed E-state index contributed by atoms with van der Waals surface area (Å²) in [5.41, 5.74) is 4.28. The summed E-state index contributed by atoms with van der Waals surface area (Å²) in [5.74, 6) is -0.800.